The lowest BCUT2D eigenvalue weighted by molar-refractivity contribution is -0.112. The molecule has 0 aliphatic carbocycles. The molecule has 0 fully saturated rings. The highest BCUT2D eigenvalue weighted by Crippen LogP contribution is 2.34. The van der Waals surface area contributed by atoms with Crippen LogP contribution in [0.4, 0.5) is 5.69 Å². The number of ether oxygens (including phenoxy) is 4. The maximum Gasteiger partial charge on any atom is 0.266 e. The molecule has 35 heavy (non-hydrogen) atoms. The topological polar surface area (TPSA) is 89.8 Å². The van der Waals surface area contributed by atoms with E-state index in [0.717, 1.165) is 11.1 Å². The minimum absolute atomic E-state index is 0.0455. The van der Waals surface area contributed by atoms with Crippen molar-refractivity contribution in [3.05, 3.63) is 81.9 Å². The lowest BCUT2D eigenvalue weighted by Crippen LogP contribution is -2.14. The Kier molecular flexibility index (Phi) is 7.44. The predicted molar refractivity (Wildman–Crippen MR) is 133 cm³/mol. The third kappa shape index (κ3) is 5.86. The Morgan fingerprint density at radius 1 is 1.09 bits per heavy atom. The van der Waals surface area contributed by atoms with E-state index >= 15 is 0 Å². The Morgan fingerprint density at radius 2 is 1.91 bits per heavy atom. The molecule has 0 unspecified atom stereocenters. The fourth-order valence-electron chi connectivity index (χ4n) is 3.47. The molecule has 3 aromatic carbocycles. The van der Waals surface area contributed by atoms with Crippen LogP contribution in [0, 0.1) is 18.3 Å². The van der Waals surface area contributed by atoms with Crippen molar-refractivity contribution in [2.24, 2.45) is 0 Å². The number of anilines is 1. The Hall–Kier alpha value is -4.15. The standard InChI is InChI=1S/C27H23ClN2O5/c1-3-32-25-12-18(11-20(14-29)27(31)30-22-7-6-21(28)10-17(22)2)4-8-23(25)33-15-19-5-9-24-26(13-19)35-16-34-24/h4-13H,3,15-16H2,1-2H3,(H,30,31)/b20-11+. The third-order valence-electron chi connectivity index (χ3n) is 5.21. The number of hydrogen-bond donors (Lipinski definition) is 1. The number of benzene rings is 3. The van der Waals surface area contributed by atoms with Crippen molar-refractivity contribution in [1.82, 2.24) is 0 Å². The number of carbonyl (C=O) groups is 1. The lowest BCUT2D eigenvalue weighted by Gasteiger charge is -2.13. The highest BCUT2D eigenvalue weighted by Gasteiger charge is 2.15. The molecule has 1 amide bonds. The zero-order chi connectivity index (χ0) is 24.8. The molecule has 7 nitrogen and oxygen atoms in total. The molecule has 8 heteroatoms. The van der Waals surface area contributed by atoms with Crippen LogP contribution in [0.15, 0.2) is 60.2 Å². The van der Waals surface area contributed by atoms with Gasteiger partial charge in [-0.15, -0.1) is 0 Å². The molecule has 1 aliphatic heterocycles. The second-order valence-corrected chi connectivity index (χ2v) is 8.14. The summed E-state index contributed by atoms with van der Waals surface area (Å²) in [6, 6.07) is 17.9. The van der Waals surface area contributed by atoms with Gasteiger partial charge in [-0.05, 0) is 79.1 Å². The fourth-order valence-corrected chi connectivity index (χ4v) is 3.69. The SMILES string of the molecule is CCOc1cc(/C=C(\C#N)C(=O)Nc2ccc(Cl)cc2C)ccc1OCc1ccc2c(c1)OCO2. The van der Waals surface area contributed by atoms with Crippen LogP contribution in [0.25, 0.3) is 6.08 Å². The molecule has 0 radical (unpaired) electrons. The van der Waals surface area contributed by atoms with Gasteiger partial charge in [-0.3, -0.25) is 4.79 Å². The van der Waals surface area contributed by atoms with Crippen LogP contribution in [0.1, 0.15) is 23.6 Å². The van der Waals surface area contributed by atoms with E-state index < -0.39 is 5.91 Å². The first-order chi connectivity index (χ1) is 17.0. The van der Waals surface area contributed by atoms with E-state index in [2.05, 4.69) is 5.32 Å². The number of nitrogens with zero attached hydrogens (tertiary/aromatic N) is 1. The predicted octanol–water partition coefficient (Wildman–Crippen LogP) is 5.90. The molecule has 0 spiro atoms. The Morgan fingerprint density at radius 3 is 2.69 bits per heavy atom. The van der Waals surface area contributed by atoms with Gasteiger partial charge in [-0.1, -0.05) is 23.7 Å². The van der Waals surface area contributed by atoms with Gasteiger partial charge in [0, 0.05) is 10.7 Å². The minimum Gasteiger partial charge on any atom is -0.490 e. The first kappa shape index (κ1) is 24.0. The Balaban J connectivity index is 1.50. The van der Waals surface area contributed by atoms with E-state index in [-0.39, 0.29) is 12.4 Å². The summed E-state index contributed by atoms with van der Waals surface area (Å²) in [4.78, 5) is 12.7. The second kappa shape index (κ2) is 10.9. The average Bonchev–Trinajstić information content (AvgIpc) is 3.32. The first-order valence-corrected chi connectivity index (χ1v) is 11.3. The Bertz CT molecular complexity index is 1330. The van der Waals surface area contributed by atoms with Gasteiger partial charge in [-0.25, -0.2) is 0 Å². The van der Waals surface area contributed by atoms with Crippen LogP contribution in [0.3, 0.4) is 0 Å². The largest absolute Gasteiger partial charge is 0.490 e. The van der Waals surface area contributed by atoms with Crippen molar-refractivity contribution in [2.45, 2.75) is 20.5 Å². The van der Waals surface area contributed by atoms with E-state index in [1.807, 2.05) is 38.1 Å². The number of amides is 1. The van der Waals surface area contributed by atoms with E-state index in [0.29, 0.717) is 52.5 Å². The molecule has 0 atom stereocenters. The van der Waals surface area contributed by atoms with Gasteiger partial charge in [0.25, 0.3) is 5.91 Å². The van der Waals surface area contributed by atoms with Crippen LogP contribution in [-0.2, 0) is 11.4 Å². The molecule has 3 aromatic rings. The number of aryl methyl sites for hydroxylation is 1. The zero-order valence-electron chi connectivity index (χ0n) is 19.3. The van der Waals surface area contributed by atoms with E-state index in [1.165, 1.54) is 6.08 Å². The molecule has 1 heterocycles. The van der Waals surface area contributed by atoms with Gasteiger partial charge in [0.2, 0.25) is 6.79 Å². The number of carbonyl (C=O) groups excluding carboxylic acids is 1. The minimum atomic E-state index is -0.515. The highest BCUT2D eigenvalue weighted by atomic mass is 35.5. The van der Waals surface area contributed by atoms with Gasteiger partial charge < -0.3 is 24.3 Å². The summed E-state index contributed by atoms with van der Waals surface area (Å²) in [6.07, 6.45) is 1.50. The normalized spacial score (nSPS) is 12.1. The molecule has 0 saturated heterocycles. The third-order valence-corrected chi connectivity index (χ3v) is 5.45. The van der Waals surface area contributed by atoms with Gasteiger partial charge in [0.05, 0.1) is 6.61 Å². The van der Waals surface area contributed by atoms with Gasteiger partial charge in [0.15, 0.2) is 23.0 Å². The highest BCUT2D eigenvalue weighted by molar-refractivity contribution is 6.30. The Labute approximate surface area is 208 Å². The lowest BCUT2D eigenvalue weighted by atomic mass is 10.1. The maximum atomic E-state index is 12.7. The summed E-state index contributed by atoms with van der Waals surface area (Å²) in [5.41, 5.74) is 2.88. The van der Waals surface area contributed by atoms with E-state index in [1.54, 1.807) is 36.4 Å². The summed E-state index contributed by atoms with van der Waals surface area (Å²) in [6.45, 7) is 4.64. The van der Waals surface area contributed by atoms with E-state index in [4.69, 9.17) is 30.5 Å². The average molecular weight is 491 g/mol. The summed E-state index contributed by atoms with van der Waals surface area (Å²) < 4.78 is 22.5. The number of nitriles is 1. The van der Waals surface area contributed by atoms with Crippen LogP contribution < -0.4 is 24.3 Å². The molecule has 178 valence electrons. The summed E-state index contributed by atoms with van der Waals surface area (Å²) in [7, 11) is 0. The van der Waals surface area contributed by atoms with Gasteiger partial charge in [-0.2, -0.15) is 5.26 Å². The summed E-state index contributed by atoms with van der Waals surface area (Å²) in [5.74, 6) is 1.94. The first-order valence-electron chi connectivity index (χ1n) is 10.9. The van der Waals surface area contributed by atoms with Crippen molar-refractivity contribution in [3.8, 4) is 29.1 Å². The second-order valence-electron chi connectivity index (χ2n) is 7.70. The summed E-state index contributed by atoms with van der Waals surface area (Å²) in [5, 5.41) is 12.9. The molecular formula is C27H23ClN2O5. The van der Waals surface area contributed by atoms with Crippen molar-refractivity contribution in [1.29, 1.82) is 5.26 Å². The number of halogens is 1. The zero-order valence-corrected chi connectivity index (χ0v) is 20.0. The number of nitrogens with one attached hydrogen (secondary N) is 1. The molecule has 0 aromatic heterocycles. The molecule has 0 saturated carbocycles. The van der Waals surface area contributed by atoms with Gasteiger partial charge in [0.1, 0.15) is 18.2 Å². The van der Waals surface area contributed by atoms with Crippen molar-refractivity contribution < 1.29 is 23.7 Å². The van der Waals surface area contributed by atoms with Gasteiger partial charge >= 0.3 is 0 Å². The van der Waals surface area contributed by atoms with Crippen LogP contribution in [-0.4, -0.2) is 19.3 Å². The van der Waals surface area contributed by atoms with Crippen LogP contribution >= 0.6 is 11.6 Å². The van der Waals surface area contributed by atoms with Crippen molar-refractivity contribution >= 4 is 29.3 Å². The molecule has 4 rings (SSSR count). The van der Waals surface area contributed by atoms with Crippen LogP contribution in [0.5, 0.6) is 23.0 Å². The van der Waals surface area contributed by atoms with Crippen LogP contribution in [0.2, 0.25) is 5.02 Å². The summed E-state index contributed by atoms with van der Waals surface area (Å²) >= 11 is 5.97. The molecule has 1 N–H and O–H groups in total. The van der Waals surface area contributed by atoms with Crippen molar-refractivity contribution in [2.75, 3.05) is 18.7 Å². The number of hydrogen-bond acceptors (Lipinski definition) is 6. The fraction of sp³-hybridized carbons (Fsp3) is 0.185. The van der Waals surface area contributed by atoms with E-state index in [9.17, 15) is 10.1 Å². The monoisotopic (exact) mass is 490 g/mol. The van der Waals surface area contributed by atoms with Crippen molar-refractivity contribution in [3.63, 3.8) is 0 Å². The molecule has 1 aliphatic rings. The smallest absolute Gasteiger partial charge is 0.266 e. The molecule has 0 bridgehead atoms. The quantitative estimate of drug-likeness (QED) is 0.312. The number of rotatable bonds is 8. The maximum absolute atomic E-state index is 12.7. The molecular weight excluding hydrogens is 468 g/mol. The number of fused-ring (bicyclic) bond motifs is 1.